The number of carbonyl (C=O) groups excluding carboxylic acids is 2. The molecule has 1 aliphatic heterocycles. The third kappa shape index (κ3) is 5.43. The number of nitrogens with one attached hydrogen (secondary N) is 1. The van der Waals surface area contributed by atoms with E-state index in [1.807, 2.05) is 0 Å². The summed E-state index contributed by atoms with van der Waals surface area (Å²) in [6.45, 7) is -0.465. The predicted molar refractivity (Wildman–Crippen MR) is 116 cm³/mol. The monoisotopic (exact) mass is 492 g/mol. The maximum absolute atomic E-state index is 12.7. The molecule has 0 spiro atoms. The second-order valence-corrected chi connectivity index (χ2v) is 8.31. The molecule has 2 aromatic rings. The molecule has 0 radical (unpaired) electrons. The van der Waals surface area contributed by atoms with E-state index < -0.39 is 24.4 Å². The maximum atomic E-state index is 12.7. The van der Waals surface area contributed by atoms with Gasteiger partial charge in [-0.1, -0.05) is 39.8 Å². The number of hydrogen-bond acceptors (Lipinski definition) is 6. The highest BCUT2D eigenvalue weighted by atomic mass is 79.9. The van der Waals surface area contributed by atoms with Crippen LogP contribution in [-0.4, -0.2) is 38.8 Å². The minimum absolute atomic E-state index is 0.199. The lowest BCUT2D eigenvalue weighted by Gasteiger charge is -2.15. The van der Waals surface area contributed by atoms with Gasteiger partial charge >= 0.3 is 5.97 Å². The van der Waals surface area contributed by atoms with Gasteiger partial charge in [0.15, 0.2) is 10.9 Å². The zero-order chi connectivity index (χ0) is 21.0. The van der Waals surface area contributed by atoms with E-state index >= 15 is 0 Å². The highest BCUT2D eigenvalue weighted by molar-refractivity contribution is 9.10. The number of carboxylic acid groups (broad SMARTS) is 1. The van der Waals surface area contributed by atoms with Crippen LogP contribution in [0.1, 0.15) is 15.9 Å². The van der Waals surface area contributed by atoms with E-state index in [2.05, 4.69) is 21.4 Å². The number of thioether (sulfide) groups is 1. The van der Waals surface area contributed by atoms with Crippen LogP contribution < -0.4 is 10.2 Å². The fourth-order valence-corrected chi connectivity index (χ4v) is 3.77. The molecule has 1 fully saturated rings. The van der Waals surface area contributed by atoms with Crippen LogP contribution in [0.5, 0.6) is 5.75 Å². The van der Waals surface area contributed by atoms with E-state index in [0.29, 0.717) is 21.8 Å². The van der Waals surface area contributed by atoms with Gasteiger partial charge in [0.1, 0.15) is 5.75 Å². The first kappa shape index (κ1) is 21.0. The number of aliphatic carboxylic acids is 1. The number of hydrogen-bond donors (Lipinski definition) is 2. The van der Waals surface area contributed by atoms with Gasteiger partial charge in [0, 0.05) is 10.0 Å². The topological polar surface area (TPSA) is 95.9 Å². The molecule has 7 nitrogen and oxygen atoms in total. The van der Waals surface area contributed by atoms with Crippen molar-refractivity contribution in [3.63, 3.8) is 0 Å². The lowest BCUT2D eigenvalue weighted by atomic mass is 10.2. The first-order chi connectivity index (χ1) is 13.8. The van der Waals surface area contributed by atoms with Crippen LogP contribution in [0, 0.1) is 0 Å². The van der Waals surface area contributed by atoms with Crippen LogP contribution in [0.3, 0.4) is 0 Å². The van der Waals surface area contributed by atoms with E-state index in [1.165, 1.54) is 0 Å². The number of benzene rings is 2. The van der Waals surface area contributed by atoms with E-state index in [9.17, 15) is 14.4 Å². The van der Waals surface area contributed by atoms with Gasteiger partial charge in [-0.05, 0) is 60.3 Å². The Labute approximate surface area is 183 Å². The summed E-state index contributed by atoms with van der Waals surface area (Å²) in [5.74, 6) is -1.64. The Morgan fingerprint density at radius 3 is 2.66 bits per heavy atom. The molecule has 1 heterocycles. The summed E-state index contributed by atoms with van der Waals surface area (Å²) < 4.78 is 6.16. The number of carboxylic acids is 1. The smallest absolute Gasteiger partial charge is 0.341 e. The second-order valence-electron chi connectivity index (χ2n) is 5.72. The number of hydrazine groups is 1. The Morgan fingerprint density at radius 1 is 1.24 bits per heavy atom. The highest BCUT2D eigenvalue weighted by Crippen LogP contribution is 2.32. The molecule has 2 amide bonds. The maximum Gasteiger partial charge on any atom is 0.341 e. The summed E-state index contributed by atoms with van der Waals surface area (Å²) in [4.78, 5) is 36.0. The highest BCUT2D eigenvalue weighted by Gasteiger charge is 2.33. The lowest BCUT2D eigenvalue weighted by Crippen LogP contribution is -2.44. The molecule has 2 N–H and O–H groups in total. The molecule has 0 aliphatic carbocycles. The second kappa shape index (κ2) is 9.21. The summed E-state index contributed by atoms with van der Waals surface area (Å²) in [6, 6.07) is 13.3. The van der Waals surface area contributed by atoms with Gasteiger partial charge in [-0.25, -0.2) is 4.79 Å². The average molecular weight is 493 g/mol. The van der Waals surface area contributed by atoms with E-state index in [-0.39, 0.29) is 4.32 Å². The Kier molecular flexibility index (Phi) is 6.68. The van der Waals surface area contributed by atoms with Crippen LogP contribution in [0.4, 0.5) is 0 Å². The Balaban J connectivity index is 1.73. The summed E-state index contributed by atoms with van der Waals surface area (Å²) in [5, 5.41) is 9.72. The molecule has 1 aliphatic rings. The normalized spacial score (nSPS) is 14.9. The number of rotatable bonds is 6. The minimum Gasteiger partial charge on any atom is -0.482 e. The van der Waals surface area contributed by atoms with Crippen molar-refractivity contribution in [3.05, 3.63) is 69.0 Å². The number of carbonyl (C=O) groups is 3. The first-order valence-corrected chi connectivity index (χ1v) is 10.1. The minimum atomic E-state index is -1.09. The molecule has 0 atom stereocenters. The fraction of sp³-hybridized carbons (Fsp3) is 0.0526. The fourth-order valence-electron chi connectivity index (χ4n) is 2.32. The van der Waals surface area contributed by atoms with Gasteiger partial charge in [-0.3, -0.25) is 15.0 Å². The first-order valence-electron chi connectivity index (χ1n) is 8.12. The molecule has 0 aromatic heterocycles. The van der Waals surface area contributed by atoms with Crippen molar-refractivity contribution in [2.24, 2.45) is 0 Å². The van der Waals surface area contributed by atoms with Gasteiger partial charge in [-0.2, -0.15) is 5.01 Å². The summed E-state index contributed by atoms with van der Waals surface area (Å²) in [7, 11) is 0. The van der Waals surface area contributed by atoms with E-state index in [0.717, 1.165) is 21.2 Å². The van der Waals surface area contributed by atoms with Crippen molar-refractivity contribution < 1.29 is 24.2 Å². The van der Waals surface area contributed by atoms with Crippen LogP contribution >= 0.6 is 39.9 Å². The zero-order valence-corrected chi connectivity index (χ0v) is 17.8. The van der Waals surface area contributed by atoms with Crippen LogP contribution in [0.2, 0.25) is 0 Å². The number of ether oxygens (including phenoxy) is 1. The van der Waals surface area contributed by atoms with Gasteiger partial charge in [0.05, 0.1) is 4.91 Å². The standard InChI is InChI=1S/C19H13BrN2O5S2/c20-13-6-4-12(5-7-13)17(25)21-22-18(26)15(29-19(22)28)9-11-2-1-3-14(8-11)27-10-16(23)24/h1-9H,10H2,(H,21,25)(H,23,24)/b15-9+. The molecule has 3 rings (SSSR count). The average Bonchev–Trinajstić information content (AvgIpc) is 2.94. The van der Waals surface area contributed by atoms with Crippen molar-refractivity contribution in [3.8, 4) is 5.75 Å². The Morgan fingerprint density at radius 2 is 1.97 bits per heavy atom. The lowest BCUT2D eigenvalue weighted by molar-refractivity contribution is -0.139. The molecule has 148 valence electrons. The van der Waals surface area contributed by atoms with Gasteiger partial charge < -0.3 is 9.84 Å². The molecule has 2 aromatic carbocycles. The molecule has 0 saturated carbocycles. The van der Waals surface area contributed by atoms with Crippen molar-refractivity contribution in [2.75, 3.05) is 6.61 Å². The summed E-state index contributed by atoms with van der Waals surface area (Å²) in [6.07, 6.45) is 1.60. The molecule has 29 heavy (non-hydrogen) atoms. The van der Waals surface area contributed by atoms with Crippen molar-refractivity contribution in [1.82, 2.24) is 10.4 Å². The molecule has 0 bridgehead atoms. The van der Waals surface area contributed by atoms with Crippen molar-refractivity contribution in [2.45, 2.75) is 0 Å². The quantitative estimate of drug-likeness (QED) is 0.470. The Bertz CT molecular complexity index is 1020. The molecule has 1 saturated heterocycles. The van der Waals surface area contributed by atoms with Gasteiger partial charge in [0.25, 0.3) is 11.8 Å². The summed E-state index contributed by atoms with van der Waals surface area (Å²) in [5.41, 5.74) is 3.53. The number of halogens is 1. The third-order valence-corrected chi connectivity index (χ3v) is 5.46. The summed E-state index contributed by atoms with van der Waals surface area (Å²) >= 11 is 9.56. The Hall–Kier alpha value is -2.69. The number of nitrogens with zero attached hydrogens (tertiary/aromatic N) is 1. The predicted octanol–water partition coefficient (Wildman–Crippen LogP) is 3.46. The van der Waals surface area contributed by atoms with Crippen LogP contribution in [0.25, 0.3) is 6.08 Å². The van der Waals surface area contributed by atoms with Crippen molar-refractivity contribution >= 4 is 68.1 Å². The molecular formula is C19H13BrN2O5S2. The van der Waals surface area contributed by atoms with Crippen LogP contribution in [-0.2, 0) is 9.59 Å². The zero-order valence-electron chi connectivity index (χ0n) is 14.6. The van der Waals surface area contributed by atoms with Gasteiger partial charge in [-0.15, -0.1) is 0 Å². The SMILES string of the molecule is O=C(O)COc1cccc(/C=C2/SC(=S)N(NC(=O)c3ccc(Br)cc3)C2=O)c1. The largest absolute Gasteiger partial charge is 0.482 e. The van der Waals surface area contributed by atoms with Crippen molar-refractivity contribution in [1.29, 1.82) is 0 Å². The molecule has 0 unspecified atom stereocenters. The number of thiocarbonyl (C=S) groups is 1. The number of amides is 2. The van der Waals surface area contributed by atoms with E-state index in [4.69, 9.17) is 22.1 Å². The molecule has 10 heteroatoms. The van der Waals surface area contributed by atoms with Gasteiger partial charge in [0.2, 0.25) is 0 Å². The van der Waals surface area contributed by atoms with Crippen LogP contribution in [0.15, 0.2) is 57.9 Å². The van der Waals surface area contributed by atoms with E-state index in [1.54, 1.807) is 54.6 Å². The third-order valence-electron chi connectivity index (χ3n) is 3.63. The molecular weight excluding hydrogens is 480 g/mol.